The maximum atomic E-state index is 12.1. The molecule has 20 heavy (non-hydrogen) atoms. The van der Waals surface area contributed by atoms with Gasteiger partial charge in [-0.25, -0.2) is 0 Å². The van der Waals surface area contributed by atoms with Gasteiger partial charge in [0.2, 0.25) is 0 Å². The molecule has 1 rings (SSSR count). The lowest BCUT2D eigenvalue weighted by Gasteiger charge is -2.07. The van der Waals surface area contributed by atoms with Crippen molar-refractivity contribution in [3.63, 3.8) is 0 Å². The van der Waals surface area contributed by atoms with Gasteiger partial charge in [0.05, 0.1) is 19.3 Å². The van der Waals surface area contributed by atoms with Crippen LogP contribution in [0.15, 0.2) is 24.3 Å². The van der Waals surface area contributed by atoms with Crippen LogP contribution in [-0.4, -0.2) is 25.5 Å². The molecule has 1 aromatic carbocycles. The number of ketones is 1. The van der Waals surface area contributed by atoms with Crippen LogP contribution in [-0.2, 0) is 9.53 Å². The molecule has 0 atom stereocenters. The first-order valence-electron chi connectivity index (χ1n) is 7.00. The van der Waals surface area contributed by atoms with Crippen LogP contribution >= 0.6 is 0 Å². The lowest BCUT2D eigenvalue weighted by molar-refractivity contribution is -0.143. The highest BCUT2D eigenvalue weighted by atomic mass is 16.5. The van der Waals surface area contributed by atoms with E-state index in [1.165, 1.54) is 0 Å². The van der Waals surface area contributed by atoms with Crippen LogP contribution in [0.4, 0.5) is 0 Å². The number of ether oxygens (including phenoxy) is 2. The highest BCUT2D eigenvalue weighted by molar-refractivity contribution is 5.98. The second-order valence-corrected chi connectivity index (χ2v) is 4.49. The Bertz CT molecular complexity index is 440. The maximum absolute atomic E-state index is 12.1. The van der Waals surface area contributed by atoms with E-state index in [0.29, 0.717) is 30.8 Å². The van der Waals surface area contributed by atoms with E-state index in [4.69, 9.17) is 9.47 Å². The molecule has 4 heteroatoms. The van der Waals surface area contributed by atoms with Crippen LogP contribution in [0.25, 0.3) is 0 Å². The van der Waals surface area contributed by atoms with Crippen LogP contribution in [0.5, 0.6) is 5.75 Å². The lowest BCUT2D eigenvalue weighted by Crippen LogP contribution is -2.04. The van der Waals surface area contributed by atoms with Crippen LogP contribution in [0, 0.1) is 0 Å². The monoisotopic (exact) mass is 278 g/mol. The molecule has 0 amide bonds. The van der Waals surface area contributed by atoms with Gasteiger partial charge in [-0.05, 0) is 31.9 Å². The minimum atomic E-state index is -0.163. The average Bonchev–Trinajstić information content (AvgIpc) is 2.47. The molecule has 0 saturated heterocycles. The van der Waals surface area contributed by atoms with Crippen LogP contribution in [0.2, 0.25) is 0 Å². The summed E-state index contributed by atoms with van der Waals surface area (Å²) >= 11 is 0. The Labute approximate surface area is 120 Å². The minimum Gasteiger partial charge on any atom is -0.496 e. The van der Waals surface area contributed by atoms with E-state index >= 15 is 0 Å². The zero-order chi connectivity index (χ0) is 14.8. The summed E-state index contributed by atoms with van der Waals surface area (Å²) in [5.41, 5.74) is 0.625. The van der Waals surface area contributed by atoms with E-state index in [2.05, 4.69) is 0 Å². The predicted molar refractivity (Wildman–Crippen MR) is 77.0 cm³/mol. The van der Waals surface area contributed by atoms with Gasteiger partial charge in [-0.2, -0.15) is 0 Å². The number of para-hydroxylation sites is 1. The van der Waals surface area contributed by atoms with Crippen LogP contribution < -0.4 is 4.74 Å². The Kier molecular flexibility index (Phi) is 7.40. The van der Waals surface area contributed by atoms with Crippen molar-refractivity contribution in [3.8, 4) is 5.75 Å². The third kappa shape index (κ3) is 5.43. The van der Waals surface area contributed by atoms with Crippen molar-refractivity contribution in [3.05, 3.63) is 29.8 Å². The van der Waals surface area contributed by atoms with Gasteiger partial charge < -0.3 is 9.47 Å². The zero-order valence-corrected chi connectivity index (χ0v) is 12.2. The molecule has 0 fully saturated rings. The molecule has 0 aliphatic rings. The largest absolute Gasteiger partial charge is 0.496 e. The molecule has 0 spiro atoms. The van der Waals surface area contributed by atoms with E-state index < -0.39 is 0 Å². The van der Waals surface area contributed by atoms with Crippen molar-refractivity contribution >= 4 is 11.8 Å². The summed E-state index contributed by atoms with van der Waals surface area (Å²) in [6.45, 7) is 2.22. The van der Waals surface area contributed by atoms with E-state index in [0.717, 1.165) is 19.3 Å². The number of hydrogen-bond donors (Lipinski definition) is 0. The van der Waals surface area contributed by atoms with E-state index in [9.17, 15) is 9.59 Å². The van der Waals surface area contributed by atoms with E-state index in [1.54, 1.807) is 26.2 Å². The third-order valence-electron chi connectivity index (χ3n) is 3.00. The Morgan fingerprint density at radius 2 is 1.75 bits per heavy atom. The molecule has 0 aromatic heterocycles. The number of methoxy groups -OCH3 is 1. The third-order valence-corrected chi connectivity index (χ3v) is 3.00. The summed E-state index contributed by atoms with van der Waals surface area (Å²) in [6, 6.07) is 7.24. The number of hydrogen-bond acceptors (Lipinski definition) is 4. The molecule has 110 valence electrons. The fourth-order valence-electron chi connectivity index (χ4n) is 1.97. The van der Waals surface area contributed by atoms with Crippen molar-refractivity contribution in [2.45, 2.75) is 39.0 Å². The highest BCUT2D eigenvalue weighted by Crippen LogP contribution is 2.20. The second-order valence-electron chi connectivity index (χ2n) is 4.49. The summed E-state index contributed by atoms with van der Waals surface area (Å²) < 4.78 is 10.0. The fraction of sp³-hybridized carbons (Fsp3) is 0.500. The van der Waals surface area contributed by atoms with Gasteiger partial charge in [-0.15, -0.1) is 0 Å². The van der Waals surface area contributed by atoms with Crippen molar-refractivity contribution in [1.29, 1.82) is 0 Å². The number of carbonyl (C=O) groups is 2. The zero-order valence-electron chi connectivity index (χ0n) is 12.2. The van der Waals surface area contributed by atoms with Gasteiger partial charge in [0.1, 0.15) is 5.75 Å². The summed E-state index contributed by atoms with van der Waals surface area (Å²) in [5.74, 6) is 0.533. The molecule has 0 bridgehead atoms. The molecule has 0 aliphatic carbocycles. The Morgan fingerprint density at radius 1 is 1.05 bits per heavy atom. The first kappa shape index (κ1) is 16.2. The lowest BCUT2D eigenvalue weighted by atomic mass is 10.0. The summed E-state index contributed by atoms with van der Waals surface area (Å²) in [6.07, 6.45) is 3.29. The molecule has 0 heterocycles. The summed E-state index contributed by atoms with van der Waals surface area (Å²) in [4.78, 5) is 23.2. The SMILES string of the molecule is CCOC(=O)CCCCCC(=O)c1ccccc1OC. The molecule has 0 unspecified atom stereocenters. The van der Waals surface area contributed by atoms with Gasteiger partial charge in [0.15, 0.2) is 5.78 Å². The number of benzene rings is 1. The van der Waals surface area contributed by atoms with E-state index in [-0.39, 0.29) is 11.8 Å². The Balaban J connectivity index is 2.28. The fourth-order valence-corrected chi connectivity index (χ4v) is 1.97. The van der Waals surface area contributed by atoms with E-state index in [1.807, 2.05) is 12.1 Å². The Hall–Kier alpha value is -1.84. The number of unbranched alkanes of at least 4 members (excludes halogenated alkanes) is 2. The predicted octanol–water partition coefficient (Wildman–Crippen LogP) is 3.39. The summed E-state index contributed by atoms with van der Waals surface area (Å²) in [5, 5.41) is 0. The normalized spacial score (nSPS) is 10.1. The highest BCUT2D eigenvalue weighted by Gasteiger charge is 2.11. The topological polar surface area (TPSA) is 52.6 Å². The van der Waals surface area contributed by atoms with Crippen LogP contribution in [0.3, 0.4) is 0 Å². The smallest absolute Gasteiger partial charge is 0.305 e. The number of esters is 1. The standard InChI is InChI=1S/C16H22O4/c1-3-20-16(18)12-6-4-5-10-14(17)13-9-7-8-11-15(13)19-2/h7-9,11H,3-6,10,12H2,1-2H3. The first-order valence-corrected chi connectivity index (χ1v) is 7.00. The molecule has 0 saturated carbocycles. The number of carbonyl (C=O) groups excluding carboxylic acids is 2. The summed E-state index contributed by atoms with van der Waals surface area (Å²) in [7, 11) is 1.56. The van der Waals surface area contributed by atoms with Crippen molar-refractivity contribution in [1.82, 2.24) is 0 Å². The maximum Gasteiger partial charge on any atom is 0.305 e. The molecule has 0 radical (unpaired) electrons. The van der Waals surface area contributed by atoms with Gasteiger partial charge in [-0.3, -0.25) is 9.59 Å². The average molecular weight is 278 g/mol. The van der Waals surface area contributed by atoms with Crippen molar-refractivity contribution < 1.29 is 19.1 Å². The number of Topliss-reactive ketones (excluding diaryl/α,β-unsaturated/α-hetero) is 1. The molecular formula is C16H22O4. The number of rotatable bonds is 9. The van der Waals surface area contributed by atoms with Crippen molar-refractivity contribution in [2.75, 3.05) is 13.7 Å². The van der Waals surface area contributed by atoms with Crippen LogP contribution in [0.1, 0.15) is 49.4 Å². The quantitative estimate of drug-likeness (QED) is 0.395. The molecule has 4 nitrogen and oxygen atoms in total. The molecule has 0 N–H and O–H groups in total. The van der Waals surface area contributed by atoms with Crippen molar-refractivity contribution in [2.24, 2.45) is 0 Å². The van der Waals surface area contributed by atoms with Gasteiger partial charge >= 0.3 is 5.97 Å². The Morgan fingerprint density at radius 3 is 2.45 bits per heavy atom. The first-order chi connectivity index (χ1) is 9.69. The van der Waals surface area contributed by atoms with Gasteiger partial charge in [0, 0.05) is 12.8 Å². The van der Waals surface area contributed by atoms with Gasteiger partial charge in [-0.1, -0.05) is 18.6 Å². The molecular weight excluding hydrogens is 256 g/mol. The minimum absolute atomic E-state index is 0.0820. The second kappa shape index (κ2) is 9.13. The van der Waals surface area contributed by atoms with Gasteiger partial charge in [0.25, 0.3) is 0 Å². The molecule has 1 aromatic rings. The molecule has 0 aliphatic heterocycles.